The number of thiazole rings is 1. The van der Waals surface area contributed by atoms with E-state index in [0.717, 1.165) is 30.1 Å². The predicted molar refractivity (Wildman–Crippen MR) is 80.3 cm³/mol. The second-order valence-electron chi connectivity index (χ2n) is 4.80. The summed E-state index contributed by atoms with van der Waals surface area (Å²) in [6.45, 7) is 3.67. The number of carboxylic acids is 1. The van der Waals surface area contributed by atoms with Crippen LogP contribution >= 0.6 is 11.3 Å². The van der Waals surface area contributed by atoms with Gasteiger partial charge in [0.15, 0.2) is 0 Å². The molecule has 5 heteroatoms. The number of likely N-dealkylation sites (N-methyl/N-ethyl adjacent to an activating group) is 1. The van der Waals surface area contributed by atoms with Crippen molar-refractivity contribution in [2.45, 2.75) is 19.9 Å². The van der Waals surface area contributed by atoms with E-state index in [1.165, 1.54) is 4.88 Å². The number of aromatic nitrogens is 1. The van der Waals surface area contributed by atoms with Crippen LogP contribution in [0.4, 0.5) is 0 Å². The zero-order chi connectivity index (χ0) is 14.5. The maximum atomic E-state index is 11.1. The topological polar surface area (TPSA) is 53.4 Å². The Morgan fingerprint density at radius 3 is 2.80 bits per heavy atom. The smallest absolute Gasteiger partial charge is 0.335 e. The number of nitrogens with zero attached hydrogens (tertiary/aromatic N) is 2. The molecule has 0 aliphatic heterocycles. The summed E-state index contributed by atoms with van der Waals surface area (Å²) in [4.78, 5) is 18.8. The van der Waals surface area contributed by atoms with Gasteiger partial charge in [-0.2, -0.15) is 0 Å². The molecule has 2 rings (SSSR count). The van der Waals surface area contributed by atoms with Crippen LogP contribution in [0, 0.1) is 6.92 Å². The third kappa shape index (κ3) is 3.88. The van der Waals surface area contributed by atoms with Crippen LogP contribution in [0.25, 0.3) is 0 Å². The molecule has 0 fully saturated rings. The van der Waals surface area contributed by atoms with Crippen molar-refractivity contribution >= 4 is 17.3 Å². The number of hydrogen-bond donors (Lipinski definition) is 1. The molecule has 0 saturated carbocycles. The summed E-state index contributed by atoms with van der Waals surface area (Å²) >= 11 is 1.70. The van der Waals surface area contributed by atoms with Crippen LogP contribution < -0.4 is 0 Å². The maximum Gasteiger partial charge on any atom is 0.335 e. The number of aromatic carboxylic acids is 1. The number of benzene rings is 1. The quantitative estimate of drug-likeness (QED) is 0.889. The molecule has 4 nitrogen and oxygen atoms in total. The lowest BCUT2D eigenvalue weighted by molar-refractivity contribution is 0.0695. The molecular weight excluding hydrogens is 272 g/mol. The van der Waals surface area contributed by atoms with Crippen molar-refractivity contribution in [2.75, 3.05) is 13.6 Å². The summed E-state index contributed by atoms with van der Waals surface area (Å²) in [7, 11) is 2.04. The molecule has 0 spiro atoms. The first-order chi connectivity index (χ1) is 9.56. The van der Waals surface area contributed by atoms with Crippen LogP contribution in [0.15, 0.2) is 30.5 Å². The Morgan fingerprint density at radius 2 is 2.15 bits per heavy atom. The van der Waals surface area contributed by atoms with Gasteiger partial charge in [-0.15, -0.1) is 11.3 Å². The second kappa shape index (κ2) is 6.63. The molecule has 1 aromatic carbocycles. The lowest BCUT2D eigenvalue weighted by Gasteiger charge is -2.16. The Morgan fingerprint density at radius 1 is 1.40 bits per heavy atom. The van der Waals surface area contributed by atoms with Crippen LogP contribution in [0.1, 0.15) is 25.8 Å². The van der Waals surface area contributed by atoms with Crippen molar-refractivity contribution in [3.8, 4) is 0 Å². The summed E-state index contributed by atoms with van der Waals surface area (Å²) < 4.78 is 0. The minimum atomic E-state index is -0.860. The van der Waals surface area contributed by atoms with E-state index in [9.17, 15) is 4.79 Å². The normalized spacial score (nSPS) is 10.9. The average Bonchev–Trinajstić information content (AvgIpc) is 2.82. The number of rotatable bonds is 6. The molecule has 106 valence electrons. The van der Waals surface area contributed by atoms with Gasteiger partial charge < -0.3 is 10.0 Å². The van der Waals surface area contributed by atoms with Crippen LogP contribution in [-0.2, 0) is 13.0 Å². The summed E-state index contributed by atoms with van der Waals surface area (Å²) in [5.74, 6) is -0.860. The highest BCUT2D eigenvalue weighted by Gasteiger charge is 2.10. The minimum absolute atomic E-state index is 0.398. The van der Waals surface area contributed by atoms with Gasteiger partial charge in [-0.3, -0.25) is 0 Å². The molecule has 0 aliphatic rings. The molecule has 0 saturated heterocycles. The van der Waals surface area contributed by atoms with E-state index in [1.54, 1.807) is 23.5 Å². The third-order valence-corrected chi connectivity index (χ3v) is 4.00. The van der Waals surface area contributed by atoms with Crippen molar-refractivity contribution in [2.24, 2.45) is 0 Å². The third-order valence-electron chi connectivity index (χ3n) is 3.11. The summed E-state index contributed by atoms with van der Waals surface area (Å²) in [6.07, 6.45) is 2.64. The van der Waals surface area contributed by atoms with Crippen LogP contribution in [-0.4, -0.2) is 34.6 Å². The monoisotopic (exact) mass is 290 g/mol. The zero-order valence-corrected chi connectivity index (χ0v) is 12.5. The van der Waals surface area contributed by atoms with E-state index in [4.69, 9.17) is 5.11 Å². The zero-order valence-electron chi connectivity index (χ0n) is 11.7. The van der Waals surface area contributed by atoms with Gasteiger partial charge >= 0.3 is 5.97 Å². The van der Waals surface area contributed by atoms with Crippen molar-refractivity contribution in [3.05, 3.63) is 51.5 Å². The summed E-state index contributed by atoms with van der Waals surface area (Å²) in [5, 5.41) is 10.2. The van der Waals surface area contributed by atoms with Gasteiger partial charge in [0.2, 0.25) is 0 Å². The first kappa shape index (κ1) is 14.7. The minimum Gasteiger partial charge on any atom is -0.478 e. The van der Waals surface area contributed by atoms with Gasteiger partial charge in [-0.1, -0.05) is 18.2 Å². The van der Waals surface area contributed by atoms with E-state index < -0.39 is 5.97 Å². The molecule has 1 aromatic heterocycles. The molecule has 0 atom stereocenters. The molecular formula is C15H18N2O2S. The average molecular weight is 290 g/mol. The Labute approximate surface area is 122 Å². The van der Waals surface area contributed by atoms with Crippen LogP contribution in [0.2, 0.25) is 0 Å². The number of carbonyl (C=O) groups is 1. The molecule has 0 aliphatic carbocycles. The fourth-order valence-electron chi connectivity index (χ4n) is 2.08. The molecule has 0 unspecified atom stereocenters. The lowest BCUT2D eigenvalue weighted by atomic mass is 10.0. The van der Waals surface area contributed by atoms with Crippen molar-refractivity contribution in [1.82, 2.24) is 9.88 Å². The Bertz CT molecular complexity index is 595. The van der Waals surface area contributed by atoms with Gasteiger partial charge in [0.1, 0.15) is 0 Å². The maximum absolute atomic E-state index is 11.1. The first-order valence-electron chi connectivity index (χ1n) is 6.47. The standard InChI is InChI=1S/C15H18N2O2S/c1-11-16-9-13(20-11)10-17(2)8-7-12-5-3-4-6-14(12)15(18)19/h3-6,9H,7-8,10H2,1-2H3,(H,18,19). The molecule has 2 aromatic rings. The van der Waals surface area contributed by atoms with Crippen molar-refractivity contribution < 1.29 is 9.90 Å². The first-order valence-corrected chi connectivity index (χ1v) is 7.29. The molecule has 1 N–H and O–H groups in total. The summed E-state index contributed by atoms with van der Waals surface area (Å²) in [5.41, 5.74) is 1.28. The molecule has 0 bridgehead atoms. The SMILES string of the molecule is Cc1ncc(CN(C)CCc2ccccc2C(=O)O)s1. The Balaban J connectivity index is 1.93. The van der Waals surface area contributed by atoms with Crippen molar-refractivity contribution in [3.63, 3.8) is 0 Å². The highest BCUT2D eigenvalue weighted by atomic mass is 32.1. The predicted octanol–water partition coefficient (Wildman–Crippen LogP) is 2.82. The number of aryl methyl sites for hydroxylation is 1. The fourth-order valence-corrected chi connectivity index (χ4v) is 2.96. The lowest BCUT2D eigenvalue weighted by Crippen LogP contribution is -2.21. The van der Waals surface area contributed by atoms with Gasteiger partial charge in [-0.05, 0) is 32.0 Å². The van der Waals surface area contributed by atoms with Gasteiger partial charge in [0.05, 0.1) is 10.6 Å². The van der Waals surface area contributed by atoms with E-state index in [1.807, 2.05) is 32.3 Å². The van der Waals surface area contributed by atoms with E-state index in [2.05, 4.69) is 9.88 Å². The second-order valence-corrected chi connectivity index (χ2v) is 6.11. The van der Waals surface area contributed by atoms with E-state index in [0.29, 0.717) is 5.56 Å². The van der Waals surface area contributed by atoms with E-state index >= 15 is 0 Å². The largest absolute Gasteiger partial charge is 0.478 e. The van der Waals surface area contributed by atoms with Gasteiger partial charge in [0, 0.05) is 24.2 Å². The Hall–Kier alpha value is -1.72. The highest BCUT2D eigenvalue weighted by molar-refractivity contribution is 7.11. The molecule has 0 amide bonds. The number of carboxylic acid groups (broad SMARTS) is 1. The van der Waals surface area contributed by atoms with Gasteiger partial charge in [0.25, 0.3) is 0 Å². The Kier molecular flexibility index (Phi) is 4.87. The van der Waals surface area contributed by atoms with Crippen LogP contribution in [0.5, 0.6) is 0 Å². The van der Waals surface area contributed by atoms with Crippen molar-refractivity contribution in [1.29, 1.82) is 0 Å². The van der Waals surface area contributed by atoms with Crippen LogP contribution in [0.3, 0.4) is 0 Å². The fraction of sp³-hybridized carbons (Fsp3) is 0.333. The summed E-state index contributed by atoms with van der Waals surface area (Å²) in [6, 6.07) is 7.18. The molecule has 1 heterocycles. The highest BCUT2D eigenvalue weighted by Crippen LogP contribution is 2.14. The van der Waals surface area contributed by atoms with Gasteiger partial charge in [-0.25, -0.2) is 9.78 Å². The molecule has 0 radical (unpaired) electrons. The molecule has 20 heavy (non-hydrogen) atoms. The number of hydrogen-bond acceptors (Lipinski definition) is 4. The van der Waals surface area contributed by atoms with E-state index in [-0.39, 0.29) is 0 Å².